The summed E-state index contributed by atoms with van der Waals surface area (Å²) in [5.74, 6) is -0.334. The Morgan fingerprint density at radius 2 is 2.04 bits per heavy atom. The third-order valence-electron chi connectivity index (χ3n) is 5.33. The fourth-order valence-electron chi connectivity index (χ4n) is 3.71. The average Bonchev–Trinajstić information content (AvgIpc) is 2.86. The van der Waals surface area contributed by atoms with Gasteiger partial charge in [0, 0.05) is 6.42 Å². The highest BCUT2D eigenvalue weighted by molar-refractivity contribution is 5.66. The smallest absolute Gasteiger partial charge is 0.303 e. The van der Waals surface area contributed by atoms with Crippen LogP contribution in [0.1, 0.15) is 65.2 Å². The molecule has 0 aromatic rings. The summed E-state index contributed by atoms with van der Waals surface area (Å²) in [4.78, 5) is 10.5. The van der Waals surface area contributed by atoms with Gasteiger partial charge in [0.25, 0.3) is 0 Å². The van der Waals surface area contributed by atoms with Crippen molar-refractivity contribution in [2.24, 2.45) is 17.8 Å². The lowest BCUT2D eigenvalue weighted by Crippen LogP contribution is -2.21. The second kappa shape index (κ2) is 12.2. The second-order valence-electron chi connectivity index (χ2n) is 7.55. The topological polar surface area (TPSA) is 77.8 Å². The Morgan fingerprint density at radius 1 is 1.31 bits per heavy atom. The molecule has 1 fully saturated rings. The number of alkyl halides is 1. The maximum Gasteiger partial charge on any atom is 0.303 e. The van der Waals surface area contributed by atoms with Gasteiger partial charge in [-0.2, -0.15) is 0 Å². The number of halogens is 1. The van der Waals surface area contributed by atoms with Gasteiger partial charge in [-0.25, -0.2) is 4.39 Å². The maximum atomic E-state index is 13.9. The predicted molar refractivity (Wildman–Crippen MR) is 102 cm³/mol. The van der Waals surface area contributed by atoms with Crippen LogP contribution >= 0.6 is 0 Å². The highest BCUT2D eigenvalue weighted by Crippen LogP contribution is 2.40. The number of carbonyl (C=O) groups is 1. The van der Waals surface area contributed by atoms with E-state index in [0.29, 0.717) is 32.1 Å². The first-order chi connectivity index (χ1) is 12.4. The number of hydrogen-bond acceptors (Lipinski definition) is 3. The molecule has 0 radical (unpaired) electrons. The molecule has 0 spiro atoms. The lowest BCUT2D eigenvalue weighted by atomic mass is 9.86. The van der Waals surface area contributed by atoms with Crippen molar-refractivity contribution < 1.29 is 24.5 Å². The number of unbranched alkanes of at least 4 members (excludes halogenated alkanes) is 2. The minimum atomic E-state index is -1.24. The normalized spacial score (nSPS) is 28.8. The molecule has 5 heteroatoms. The number of allylic oxidation sites excluding steroid dienone is 3. The van der Waals surface area contributed by atoms with Crippen LogP contribution in [0.4, 0.5) is 4.39 Å². The average molecular weight is 371 g/mol. The lowest BCUT2D eigenvalue weighted by Gasteiger charge is -2.21. The molecule has 4 nitrogen and oxygen atoms in total. The summed E-state index contributed by atoms with van der Waals surface area (Å²) in [6, 6.07) is 0. The second-order valence-corrected chi connectivity index (χ2v) is 7.55. The van der Waals surface area contributed by atoms with Crippen LogP contribution in [0.3, 0.4) is 0 Å². The van der Waals surface area contributed by atoms with Crippen molar-refractivity contribution in [2.75, 3.05) is 0 Å². The molecule has 3 N–H and O–H groups in total. The maximum absolute atomic E-state index is 13.9. The van der Waals surface area contributed by atoms with Crippen molar-refractivity contribution in [1.82, 2.24) is 0 Å². The first-order valence-electron chi connectivity index (χ1n) is 9.92. The Morgan fingerprint density at radius 3 is 2.69 bits per heavy atom. The number of aliphatic hydroxyl groups excluding tert-OH is 2. The van der Waals surface area contributed by atoms with Gasteiger partial charge in [-0.3, -0.25) is 4.79 Å². The third kappa shape index (κ3) is 8.00. The van der Waals surface area contributed by atoms with E-state index in [1.54, 1.807) is 6.08 Å². The van der Waals surface area contributed by atoms with Gasteiger partial charge >= 0.3 is 5.97 Å². The molecule has 1 rings (SSSR count). The lowest BCUT2D eigenvalue weighted by molar-refractivity contribution is -0.137. The van der Waals surface area contributed by atoms with Crippen molar-refractivity contribution in [3.63, 3.8) is 0 Å². The molecule has 1 aliphatic carbocycles. The molecule has 26 heavy (non-hydrogen) atoms. The monoisotopic (exact) mass is 370 g/mol. The first-order valence-corrected chi connectivity index (χ1v) is 9.92. The summed E-state index contributed by atoms with van der Waals surface area (Å²) in [6.45, 7) is 4.07. The van der Waals surface area contributed by atoms with Gasteiger partial charge < -0.3 is 15.3 Å². The molecule has 0 amide bonds. The number of carboxylic acid groups (broad SMARTS) is 1. The molecule has 0 unspecified atom stereocenters. The van der Waals surface area contributed by atoms with Crippen molar-refractivity contribution in [3.8, 4) is 0 Å². The number of rotatable bonds is 12. The Hall–Kier alpha value is -1.20. The summed E-state index contributed by atoms with van der Waals surface area (Å²) < 4.78 is 13.9. The standard InChI is InChI=1S/C21H35FO4/c1-3-4-10-18(22)19(23)13-12-16-15(2)14-20(24)17(16)9-7-5-6-8-11-21(25)26/h5,7,12-13,15-20,23-24H,3-4,6,8-11,14H2,1-2H3,(H,25,26)/b7-5-,13-12+/t15-,16+,17-,18+,19-,20+/m1/s1. The van der Waals surface area contributed by atoms with E-state index >= 15 is 0 Å². The van der Waals surface area contributed by atoms with Crippen LogP contribution in [-0.4, -0.2) is 39.7 Å². The quantitative estimate of drug-likeness (QED) is 0.354. The largest absolute Gasteiger partial charge is 0.481 e. The van der Waals surface area contributed by atoms with E-state index in [-0.39, 0.29) is 24.2 Å². The molecule has 1 saturated carbocycles. The molecular formula is C21H35FO4. The molecular weight excluding hydrogens is 335 g/mol. The van der Waals surface area contributed by atoms with Crippen molar-refractivity contribution in [2.45, 2.75) is 83.6 Å². The van der Waals surface area contributed by atoms with Crippen LogP contribution in [0, 0.1) is 17.8 Å². The Balaban J connectivity index is 2.54. The van der Waals surface area contributed by atoms with E-state index < -0.39 is 24.3 Å². The number of carboxylic acids is 1. The minimum absolute atomic E-state index is 0.0536. The van der Waals surface area contributed by atoms with Gasteiger partial charge in [0.15, 0.2) is 0 Å². The Labute approximate surface area is 156 Å². The van der Waals surface area contributed by atoms with Crippen LogP contribution in [0.25, 0.3) is 0 Å². The van der Waals surface area contributed by atoms with Crippen LogP contribution < -0.4 is 0 Å². The zero-order valence-corrected chi connectivity index (χ0v) is 16.1. The zero-order chi connectivity index (χ0) is 19.5. The van der Waals surface area contributed by atoms with Crippen molar-refractivity contribution in [1.29, 1.82) is 0 Å². The Kier molecular flexibility index (Phi) is 10.7. The Bertz CT molecular complexity index is 463. The van der Waals surface area contributed by atoms with Crippen LogP contribution in [-0.2, 0) is 4.79 Å². The highest BCUT2D eigenvalue weighted by atomic mass is 19.1. The van der Waals surface area contributed by atoms with Crippen molar-refractivity contribution >= 4 is 5.97 Å². The van der Waals surface area contributed by atoms with E-state index in [1.165, 1.54) is 0 Å². The molecule has 1 aliphatic rings. The van der Waals surface area contributed by atoms with Gasteiger partial charge in [-0.1, -0.05) is 51.0 Å². The van der Waals surface area contributed by atoms with Crippen LogP contribution in [0.5, 0.6) is 0 Å². The summed E-state index contributed by atoms with van der Waals surface area (Å²) >= 11 is 0. The predicted octanol–water partition coefficient (Wildman–Crippen LogP) is 4.27. The van der Waals surface area contributed by atoms with E-state index in [4.69, 9.17) is 5.11 Å². The van der Waals surface area contributed by atoms with Gasteiger partial charge in [0.05, 0.1) is 6.10 Å². The van der Waals surface area contributed by atoms with Crippen molar-refractivity contribution in [3.05, 3.63) is 24.3 Å². The molecule has 0 heterocycles. The molecule has 0 bridgehead atoms. The molecule has 0 aromatic heterocycles. The summed E-state index contributed by atoms with van der Waals surface area (Å²) in [5, 5.41) is 28.9. The number of hydrogen-bond donors (Lipinski definition) is 3. The van der Waals surface area contributed by atoms with E-state index in [9.17, 15) is 19.4 Å². The van der Waals surface area contributed by atoms with Gasteiger partial charge in [0.1, 0.15) is 12.3 Å². The van der Waals surface area contributed by atoms with E-state index in [2.05, 4.69) is 6.92 Å². The molecule has 0 aliphatic heterocycles. The van der Waals surface area contributed by atoms with E-state index in [0.717, 1.165) is 12.8 Å². The molecule has 6 atom stereocenters. The minimum Gasteiger partial charge on any atom is -0.481 e. The fraction of sp³-hybridized carbons (Fsp3) is 0.762. The van der Waals surface area contributed by atoms with Gasteiger partial charge in [0.2, 0.25) is 0 Å². The van der Waals surface area contributed by atoms with Gasteiger partial charge in [-0.15, -0.1) is 0 Å². The summed E-state index contributed by atoms with van der Waals surface area (Å²) in [6.07, 6.45) is 9.63. The SMILES string of the molecule is CCCC[C@H](F)[C@H](O)/C=C/[C@@H]1[C@@H](C/C=C\CCCC(=O)O)[C@@H](O)C[C@H]1C. The number of aliphatic hydroxyl groups is 2. The molecule has 0 aromatic carbocycles. The van der Waals surface area contributed by atoms with Crippen LogP contribution in [0.2, 0.25) is 0 Å². The first kappa shape index (κ1) is 22.8. The molecule has 150 valence electrons. The molecule has 0 saturated heterocycles. The third-order valence-corrected chi connectivity index (χ3v) is 5.33. The zero-order valence-electron chi connectivity index (χ0n) is 16.1. The van der Waals surface area contributed by atoms with E-state index in [1.807, 2.05) is 25.2 Å². The fourth-order valence-corrected chi connectivity index (χ4v) is 3.71. The number of aliphatic carboxylic acids is 1. The van der Waals surface area contributed by atoms with Gasteiger partial charge in [-0.05, 0) is 49.9 Å². The highest BCUT2D eigenvalue weighted by Gasteiger charge is 2.37. The summed E-state index contributed by atoms with van der Waals surface area (Å²) in [7, 11) is 0. The van der Waals surface area contributed by atoms with Crippen LogP contribution in [0.15, 0.2) is 24.3 Å². The summed E-state index contributed by atoms with van der Waals surface area (Å²) in [5.41, 5.74) is 0.